The molecule has 5 heteroatoms. The second kappa shape index (κ2) is 5.15. The number of hydrogen-bond acceptors (Lipinski definition) is 4. The van der Waals surface area contributed by atoms with Gasteiger partial charge in [0.05, 0.1) is 34.6 Å². The number of nitrogens with one attached hydrogen (secondary N) is 1. The zero-order valence-electron chi connectivity index (χ0n) is 10.1. The molecule has 0 aliphatic carbocycles. The first kappa shape index (κ1) is 12.5. The summed E-state index contributed by atoms with van der Waals surface area (Å²) < 4.78 is 13.6. The number of nitriles is 1. The zero-order valence-corrected chi connectivity index (χ0v) is 10.9. The van der Waals surface area contributed by atoms with Crippen LogP contribution < -0.4 is 5.32 Å². The highest BCUT2D eigenvalue weighted by molar-refractivity contribution is 7.11. The summed E-state index contributed by atoms with van der Waals surface area (Å²) in [5.41, 5.74) is 1.70. The van der Waals surface area contributed by atoms with Crippen molar-refractivity contribution in [2.24, 2.45) is 0 Å². The predicted molar refractivity (Wildman–Crippen MR) is 70.0 cm³/mol. The van der Waals surface area contributed by atoms with Gasteiger partial charge >= 0.3 is 0 Å². The molecular weight excluding hydrogens is 249 g/mol. The normalized spacial score (nSPS) is 10.1. The molecule has 0 bridgehead atoms. The van der Waals surface area contributed by atoms with E-state index < -0.39 is 5.82 Å². The molecular formula is C13H12FN3S. The van der Waals surface area contributed by atoms with E-state index in [0.29, 0.717) is 17.8 Å². The molecule has 0 fully saturated rings. The molecule has 3 nitrogen and oxygen atoms in total. The van der Waals surface area contributed by atoms with Gasteiger partial charge in [-0.1, -0.05) is 0 Å². The maximum absolute atomic E-state index is 13.6. The number of aryl methyl sites for hydroxylation is 2. The first-order valence-electron chi connectivity index (χ1n) is 5.46. The number of halogens is 1. The van der Waals surface area contributed by atoms with Gasteiger partial charge in [-0.05, 0) is 32.0 Å². The van der Waals surface area contributed by atoms with Crippen molar-refractivity contribution in [1.29, 1.82) is 5.26 Å². The van der Waals surface area contributed by atoms with Crippen LogP contribution in [-0.2, 0) is 6.54 Å². The Balaban J connectivity index is 2.11. The van der Waals surface area contributed by atoms with Crippen molar-refractivity contribution in [3.05, 3.63) is 45.2 Å². The van der Waals surface area contributed by atoms with Crippen LogP contribution in [0, 0.1) is 31.0 Å². The van der Waals surface area contributed by atoms with Gasteiger partial charge < -0.3 is 5.32 Å². The molecule has 1 aromatic heterocycles. The molecule has 1 heterocycles. The number of benzene rings is 1. The molecule has 2 aromatic rings. The van der Waals surface area contributed by atoms with E-state index in [2.05, 4.69) is 10.3 Å². The fourth-order valence-corrected chi connectivity index (χ4v) is 2.52. The minimum Gasteiger partial charge on any atom is -0.378 e. The van der Waals surface area contributed by atoms with Crippen molar-refractivity contribution in [2.75, 3.05) is 5.32 Å². The van der Waals surface area contributed by atoms with Crippen LogP contribution >= 0.6 is 11.3 Å². The molecule has 0 aliphatic rings. The summed E-state index contributed by atoms with van der Waals surface area (Å²) in [5.74, 6) is -0.409. The summed E-state index contributed by atoms with van der Waals surface area (Å²) in [6.45, 7) is 4.43. The van der Waals surface area contributed by atoms with Crippen LogP contribution in [0.4, 0.5) is 10.1 Å². The lowest BCUT2D eigenvalue weighted by molar-refractivity contribution is 0.629. The Morgan fingerprint density at radius 1 is 1.44 bits per heavy atom. The number of rotatable bonds is 3. The minimum atomic E-state index is -0.409. The molecule has 0 unspecified atom stereocenters. The number of thiazole rings is 1. The number of hydrogen-bond donors (Lipinski definition) is 1. The average Bonchev–Trinajstić information content (AvgIpc) is 2.66. The van der Waals surface area contributed by atoms with Gasteiger partial charge in [-0.25, -0.2) is 9.37 Å². The van der Waals surface area contributed by atoms with E-state index in [9.17, 15) is 4.39 Å². The van der Waals surface area contributed by atoms with Crippen LogP contribution in [0.1, 0.15) is 21.1 Å². The maximum Gasteiger partial charge on any atom is 0.147 e. The monoisotopic (exact) mass is 261 g/mol. The Morgan fingerprint density at radius 3 is 2.78 bits per heavy atom. The smallest absolute Gasteiger partial charge is 0.147 e. The third-order valence-corrected chi connectivity index (χ3v) is 3.61. The molecule has 0 radical (unpaired) electrons. The first-order valence-corrected chi connectivity index (χ1v) is 6.28. The fourth-order valence-electron chi connectivity index (χ4n) is 1.64. The standard InChI is InChI=1S/C13H12FN3S/c1-8-13(18-9(2)17-8)7-16-12-4-3-10(6-15)5-11(12)14/h3-5,16H,7H2,1-2H3. The van der Waals surface area contributed by atoms with Gasteiger partial charge in [0.15, 0.2) is 0 Å². The van der Waals surface area contributed by atoms with E-state index in [4.69, 9.17) is 5.26 Å². The zero-order chi connectivity index (χ0) is 13.1. The van der Waals surface area contributed by atoms with Crippen molar-refractivity contribution in [3.63, 3.8) is 0 Å². The summed E-state index contributed by atoms with van der Waals surface area (Å²) in [4.78, 5) is 5.41. The summed E-state index contributed by atoms with van der Waals surface area (Å²) in [7, 11) is 0. The van der Waals surface area contributed by atoms with Crippen molar-refractivity contribution in [3.8, 4) is 6.07 Å². The van der Waals surface area contributed by atoms with Crippen molar-refractivity contribution >= 4 is 17.0 Å². The highest BCUT2D eigenvalue weighted by atomic mass is 32.1. The molecule has 1 N–H and O–H groups in total. The summed E-state index contributed by atoms with van der Waals surface area (Å²) in [5, 5.41) is 12.7. The fraction of sp³-hybridized carbons (Fsp3) is 0.231. The van der Waals surface area contributed by atoms with Crippen LogP contribution in [0.3, 0.4) is 0 Å². The summed E-state index contributed by atoms with van der Waals surface area (Å²) in [6, 6.07) is 6.31. The van der Waals surface area contributed by atoms with Crippen LogP contribution in [0.5, 0.6) is 0 Å². The lowest BCUT2D eigenvalue weighted by atomic mass is 10.2. The first-order chi connectivity index (χ1) is 8.60. The van der Waals surface area contributed by atoms with E-state index in [-0.39, 0.29) is 0 Å². The molecule has 0 atom stereocenters. The Hall–Kier alpha value is -1.93. The van der Waals surface area contributed by atoms with Gasteiger partial charge in [0.25, 0.3) is 0 Å². The topological polar surface area (TPSA) is 48.7 Å². The summed E-state index contributed by atoms with van der Waals surface area (Å²) in [6.07, 6.45) is 0. The highest BCUT2D eigenvalue weighted by Gasteiger charge is 2.07. The van der Waals surface area contributed by atoms with E-state index in [1.165, 1.54) is 6.07 Å². The van der Waals surface area contributed by atoms with E-state index in [1.54, 1.807) is 23.5 Å². The molecule has 0 aliphatic heterocycles. The molecule has 0 saturated heterocycles. The third kappa shape index (κ3) is 2.66. The quantitative estimate of drug-likeness (QED) is 0.921. The van der Waals surface area contributed by atoms with E-state index in [1.807, 2.05) is 19.9 Å². The molecule has 1 aromatic carbocycles. The molecule has 92 valence electrons. The van der Waals surface area contributed by atoms with Gasteiger partial charge in [0, 0.05) is 4.88 Å². The molecule has 18 heavy (non-hydrogen) atoms. The number of anilines is 1. The predicted octanol–water partition coefficient (Wildman–Crippen LogP) is 3.38. The lowest BCUT2D eigenvalue weighted by Gasteiger charge is -2.06. The van der Waals surface area contributed by atoms with Crippen LogP contribution in [-0.4, -0.2) is 4.98 Å². The van der Waals surface area contributed by atoms with E-state index >= 15 is 0 Å². The second-order valence-electron chi connectivity index (χ2n) is 3.90. The summed E-state index contributed by atoms with van der Waals surface area (Å²) >= 11 is 1.60. The van der Waals surface area contributed by atoms with Crippen LogP contribution in [0.2, 0.25) is 0 Å². The van der Waals surface area contributed by atoms with Gasteiger partial charge in [-0.2, -0.15) is 5.26 Å². The average molecular weight is 261 g/mol. The third-order valence-electron chi connectivity index (χ3n) is 2.54. The van der Waals surface area contributed by atoms with Crippen molar-refractivity contribution in [1.82, 2.24) is 4.98 Å². The van der Waals surface area contributed by atoms with Gasteiger partial charge in [-0.15, -0.1) is 11.3 Å². The minimum absolute atomic E-state index is 0.322. The lowest BCUT2D eigenvalue weighted by Crippen LogP contribution is -2.01. The molecule has 2 rings (SSSR count). The highest BCUT2D eigenvalue weighted by Crippen LogP contribution is 2.20. The van der Waals surface area contributed by atoms with E-state index in [0.717, 1.165) is 15.6 Å². The van der Waals surface area contributed by atoms with Gasteiger partial charge in [-0.3, -0.25) is 0 Å². The van der Waals surface area contributed by atoms with Crippen molar-refractivity contribution in [2.45, 2.75) is 20.4 Å². The Kier molecular flexibility index (Phi) is 3.58. The van der Waals surface area contributed by atoms with Gasteiger partial charge in [0.1, 0.15) is 5.82 Å². The largest absolute Gasteiger partial charge is 0.378 e. The van der Waals surface area contributed by atoms with Crippen LogP contribution in [0.25, 0.3) is 0 Å². The Morgan fingerprint density at radius 2 is 2.22 bits per heavy atom. The van der Waals surface area contributed by atoms with Gasteiger partial charge in [0.2, 0.25) is 0 Å². The molecule has 0 amide bonds. The van der Waals surface area contributed by atoms with Crippen molar-refractivity contribution < 1.29 is 4.39 Å². The molecule has 0 saturated carbocycles. The number of nitrogens with zero attached hydrogens (tertiary/aromatic N) is 2. The Labute approximate surface area is 109 Å². The van der Waals surface area contributed by atoms with Crippen LogP contribution in [0.15, 0.2) is 18.2 Å². The SMILES string of the molecule is Cc1nc(C)c(CNc2ccc(C#N)cc2F)s1. The maximum atomic E-state index is 13.6. The Bertz CT molecular complexity index is 613. The number of aromatic nitrogens is 1. The second-order valence-corrected chi connectivity index (χ2v) is 5.19. The molecule has 0 spiro atoms.